The predicted octanol–water partition coefficient (Wildman–Crippen LogP) is 3.44. The van der Waals surface area contributed by atoms with Gasteiger partial charge >= 0.3 is 0 Å². The van der Waals surface area contributed by atoms with E-state index in [2.05, 4.69) is 47.2 Å². The van der Waals surface area contributed by atoms with Crippen LogP contribution in [0.15, 0.2) is 54.7 Å². The van der Waals surface area contributed by atoms with Gasteiger partial charge in [0.2, 0.25) is 5.95 Å². The lowest BCUT2D eigenvalue weighted by Crippen LogP contribution is -2.10. The van der Waals surface area contributed by atoms with Gasteiger partial charge in [0, 0.05) is 11.6 Å². The lowest BCUT2D eigenvalue weighted by atomic mass is 9.99. The van der Waals surface area contributed by atoms with Crippen molar-refractivity contribution in [2.24, 2.45) is 5.73 Å². The maximum absolute atomic E-state index is 13.6. The number of carbonyl (C=O) groups excluding carboxylic acids is 1. The number of hydrogen-bond acceptors (Lipinski definition) is 4. The van der Waals surface area contributed by atoms with Gasteiger partial charge in [0.15, 0.2) is 0 Å². The Kier molecular flexibility index (Phi) is 4.22. The molecule has 0 spiro atoms. The van der Waals surface area contributed by atoms with Crippen LogP contribution in [0.25, 0.3) is 16.6 Å². The van der Waals surface area contributed by atoms with E-state index in [0.717, 1.165) is 0 Å². The van der Waals surface area contributed by atoms with Gasteiger partial charge < -0.3 is 11.5 Å². The van der Waals surface area contributed by atoms with Crippen LogP contribution in [0.4, 0.5) is 10.3 Å². The third kappa shape index (κ3) is 3.15. The van der Waals surface area contributed by atoms with Crippen LogP contribution < -0.4 is 11.5 Å². The highest BCUT2D eigenvalue weighted by Crippen LogP contribution is 2.47. The first kappa shape index (κ1) is 17.9. The van der Waals surface area contributed by atoms with E-state index in [1.165, 1.54) is 41.1 Å². The van der Waals surface area contributed by atoms with Crippen molar-refractivity contribution in [3.63, 3.8) is 0 Å². The zero-order valence-corrected chi connectivity index (χ0v) is 15.4. The first-order chi connectivity index (χ1) is 13.4. The summed E-state index contributed by atoms with van der Waals surface area (Å²) in [5.41, 5.74) is 13.4. The maximum Gasteiger partial charge on any atom is 0.268 e. The van der Waals surface area contributed by atoms with Crippen LogP contribution in [0.2, 0.25) is 0 Å². The molecular weight excluding hydrogens is 357 g/mol. The molecule has 4 N–H and O–H groups in total. The number of nitrogen functional groups attached to an aromatic ring is 1. The number of amides is 1. The third-order valence-corrected chi connectivity index (χ3v) is 5.13. The number of hydrogen-bond donors (Lipinski definition) is 2. The number of imidazole rings is 1. The van der Waals surface area contributed by atoms with E-state index in [1.807, 2.05) is 0 Å². The molecular formula is C21H20FN5O. The molecule has 2 heterocycles. The number of carbonyl (C=O) groups is 1. The van der Waals surface area contributed by atoms with E-state index in [-0.39, 0.29) is 17.2 Å². The summed E-state index contributed by atoms with van der Waals surface area (Å²) >= 11 is 0. The average Bonchev–Trinajstić information content (AvgIpc) is 3.27. The molecule has 1 saturated carbocycles. The highest BCUT2D eigenvalue weighted by molar-refractivity contribution is 5.97. The molecule has 0 bridgehead atoms. The maximum atomic E-state index is 13.6. The topological polar surface area (TPSA) is 99.3 Å². The SMILES string of the molecule is CC1(c2ccccc2)CC1.NC(=O)c1cn2c(N)nc3c(F)cccc3c2n1. The minimum absolute atomic E-state index is 0.0441. The van der Waals surface area contributed by atoms with E-state index < -0.39 is 11.7 Å². The first-order valence-electron chi connectivity index (χ1n) is 8.97. The van der Waals surface area contributed by atoms with Crippen molar-refractivity contribution >= 4 is 28.4 Å². The number of primary amides is 1. The fourth-order valence-electron chi connectivity index (χ4n) is 3.16. The Morgan fingerprint density at radius 2 is 1.82 bits per heavy atom. The summed E-state index contributed by atoms with van der Waals surface area (Å²) in [7, 11) is 0. The van der Waals surface area contributed by atoms with Gasteiger partial charge in [0.25, 0.3) is 5.91 Å². The molecule has 7 heteroatoms. The van der Waals surface area contributed by atoms with Gasteiger partial charge in [-0.25, -0.2) is 14.4 Å². The number of nitrogens with two attached hydrogens (primary N) is 2. The lowest BCUT2D eigenvalue weighted by Gasteiger charge is -2.06. The van der Waals surface area contributed by atoms with Crippen molar-refractivity contribution in [3.8, 4) is 0 Å². The number of benzene rings is 2. The second-order valence-corrected chi connectivity index (χ2v) is 7.22. The summed E-state index contributed by atoms with van der Waals surface area (Å²) in [6, 6.07) is 15.3. The van der Waals surface area contributed by atoms with Gasteiger partial charge in [0.1, 0.15) is 22.7 Å². The highest BCUT2D eigenvalue weighted by Gasteiger charge is 2.38. The van der Waals surface area contributed by atoms with Crippen molar-refractivity contribution in [2.75, 3.05) is 5.73 Å². The van der Waals surface area contributed by atoms with E-state index in [1.54, 1.807) is 6.07 Å². The van der Waals surface area contributed by atoms with Crippen molar-refractivity contribution in [1.82, 2.24) is 14.4 Å². The zero-order chi connectivity index (χ0) is 19.9. The van der Waals surface area contributed by atoms with E-state index in [0.29, 0.717) is 16.4 Å². The molecule has 1 aliphatic rings. The Morgan fingerprint density at radius 3 is 2.46 bits per heavy atom. The average molecular weight is 377 g/mol. The molecule has 142 valence electrons. The van der Waals surface area contributed by atoms with Gasteiger partial charge in [-0.05, 0) is 36.0 Å². The number of anilines is 1. The highest BCUT2D eigenvalue weighted by atomic mass is 19.1. The van der Waals surface area contributed by atoms with Crippen LogP contribution >= 0.6 is 0 Å². The molecule has 28 heavy (non-hydrogen) atoms. The molecule has 0 unspecified atom stereocenters. The Morgan fingerprint density at radius 1 is 1.11 bits per heavy atom. The van der Waals surface area contributed by atoms with Crippen molar-refractivity contribution < 1.29 is 9.18 Å². The summed E-state index contributed by atoms with van der Waals surface area (Å²) in [4.78, 5) is 19.1. The number of fused-ring (bicyclic) bond motifs is 3. The molecule has 4 aromatic rings. The van der Waals surface area contributed by atoms with Crippen LogP contribution in [0.1, 0.15) is 35.8 Å². The lowest BCUT2D eigenvalue weighted by molar-refractivity contribution is 0.0996. The second kappa shape index (κ2) is 6.60. The Balaban J connectivity index is 0.000000162. The van der Waals surface area contributed by atoms with Crippen LogP contribution in [0.5, 0.6) is 0 Å². The third-order valence-electron chi connectivity index (χ3n) is 5.13. The summed E-state index contributed by atoms with van der Waals surface area (Å²) in [5.74, 6) is -1.13. The number of nitrogens with zero attached hydrogens (tertiary/aromatic N) is 3. The summed E-state index contributed by atoms with van der Waals surface area (Å²) in [6.07, 6.45) is 4.12. The molecule has 1 aliphatic carbocycles. The Hall–Kier alpha value is -3.48. The second-order valence-electron chi connectivity index (χ2n) is 7.22. The van der Waals surface area contributed by atoms with Crippen LogP contribution in [-0.2, 0) is 5.41 Å². The van der Waals surface area contributed by atoms with Crippen molar-refractivity contribution in [3.05, 3.63) is 71.8 Å². The van der Waals surface area contributed by atoms with Crippen LogP contribution in [-0.4, -0.2) is 20.3 Å². The molecule has 0 saturated heterocycles. The Bertz CT molecular complexity index is 1180. The monoisotopic (exact) mass is 377 g/mol. The fourth-order valence-corrected chi connectivity index (χ4v) is 3.16. The number of aromatic nitrogens is 3. The van der Waals surface area contributed by atoms with Crippen LogP contribution in [0, 0.1) is 5.82 Å². The molecule has 0 aliphatic heterocycles. The molecule has 0 atom stereocenters. The van der Waals surface area contributed by atoms with Gasteiger partial charge in [0.05, 0.1) is 0 Å². The molecule has 0 radical (unpaired) electrons. The standard InChI is InChI=1S/C11H8FN5O.C10H12/c12-6-3-1-2-5-8(6)16-11(14)17-4-7(9(13)18)15-10(5)17;1-10(7-8-10)9-5-3-2-4-6-9/h1-4H,(H2,13,18)(H2,14,16);2-6H,7-8H2,1H3. The number of para-hydroxylation sites is 1. The normalized spacial score (nSPS) is 14.5. The van der Waals surface area contributed by atoms with Crippen molar-refractivity contribution in [1.29, 1.82) is 0 Å². The first-order valence-corrected chi connectivity index (χ1v) is 8.97. The smallest absolute Gasteiger partial charge is 0.268 e. The van der Waals surface area contributed by atoms with E-state index in [9.17, 15) is 9.18 Å². The van der Waals surface area contributed by atoms with Gasteiger partial charge in [-0.3, -0.25) is 9.20 Å². The summed E-state index contributed by atoms with van der Waals surface area (Å²) < 4.78 is 15.0. The van der Waals surface area contributed by atoms with E-state index in [4.69, 9.17) is 11.5 Å². The van der Waals surface area contributed by atoms with Gasteiger partial charge in [-0.1, -0.05) is 43.3 Å². The minimum atomic E-state index is -0.678. The molecule has 5 rings (SSSR count). The van der Waals surface area contributed by atoms with Crippen LogP contribution in [0.3, 0.4) is 0 Å². The molecule has 2 aromatic carbocycles. The summed E-state index contributed by atoms with van der Waals surface area (Å²) in [6.45, 7) is 2.34. The van der Waals surface area contributed by atoms with Gasteiger partial charge in [-0.2, -0.15) is 0 Å². The fraction of sp³-hybridized carbons (Fsp3) is 0.190. The predicted molar refractivity (Wildman–Crippen MR) is 106 cm³/mol. The number of halogens is 1. The quantitative estimate of drug-likeness (QED) is 0.559. The number of rotatable bonds is 2. The molecule has 1 amide bonds. The van der Waals surface area contributed by atoms with Gasteiger partial charge in [-0.15, -0.1) is 0 Å². The zero-order valence-electron chi connectivity index (χ0n) is 15.4. The molecule has 6 nitrogen and oxygen atoms in total. The summed E-state index contributed by atoms with van der Waals surface area (Å²) in [5, 5.41) is 0.469. The van der Waals surface area contributed by atoms with Crippen molar-refractivity contribution in [2.45, 2.75) is 25.2 Å². The minimum Gasteiger partial charge on any atom is -0.369 e. The van der Waals surface area contributed by atoms with E-state index >= 15 is 0 Å². The largest absolute Gasteiger partial charge is 0.369 e. The molecule has 2 aromatic heterocycles. The Labute approximate surface area is 161 Å². The molecule has 1 fully saturated rings.